The van der Waals surface area contributed by atoms with Gasteiger partial charge in [-0.2, -0.15) is 0 Å². The van der Waals surface area contributed by atoms with Crippen LogP contribution in [0.25, 0.3) is 0 Å². The Morgan fingerprint density at radius 2 is 1.94 bits per heavy atom. The van der Waals surface area contributed by atoms with Gasteiger partial charge in [0.15, 0.2) is 0 Å². The Hall–Kier alpha value is -0.900. The summed E-state index contributed by atoms with van der Waals surface area (Å²) in [5.41, 5.74) is 0. The van der Waals surface area contributed by atoms with Crippen LogP contribution in [-0.4, -0.2) is 30.3 Å². The quantitative estimate of drug-likeness (QED) is 0.633. The van der Waals surface area contributed by atoms with Gasteiger partial charge in [-0.25, -0.2) is 0 Å². The van der Waals surface area contributed by atoms with Gasteiger partial charge in [-0.05, 0) is 32.7 Å². The lowest BCUT2D eigenvalue weighted by molar-refractivity contribution is -0.139. The van der Waals surface area contributed by atoms with Gasteiger partial charge in [-0.1, -0.05) is 19.8 Å². The van der Waals surface area contributed by atoms with Crippen molar-refractivity contribution in [1.82, 2.24) is 10.6 Å². The summed E-state index contributed by atoms with van der Waals surface area (Å²) in [6.45, 7) is 6.38. The molecule has 4 heteroatoms. The van der Waals surface area contributed by atoms with Crippen molar-refractivity contribution < 1.29 is 9.59 Å². The molecule has 0 aromatic rings. The fourth-order valence-electron chi connectivity index (χ4n) is 1.71. The average molecular weight is 226 g/mol. The minimum atomic E-state index is -0.457. The lowest BCUT2D eigenvalue weighted by Gasteiger charge is -2.16. The zero-order chi connectivity index (χ0) is 12.1. The topological polar surface area (TPSA) is 58.2 Å². The molecular weight excluding hydrogens is 204 g/mol. The van der Waals surface area contributed by atoms with Gasteiger partial charge >= 0.3 is 0 Å². The van der Waals surface area contributed by atoms with Crippen molar-refractivity contribution in [1.29, 1.82) is 0 Å². The van der Waals surface area contributed by atoms with Crippen molar-refractivity contribution in [2.45, 2.75) is 52.1 Å². The third-order valence-corrected chi connectivity index (χ3v) is 2.68. The molecule has 0 radical (unpaired) electrons. The van der Waals surface area contributed by atoms with Crippen LogP contribution in [-0.2, 0) is 9.59 Å². The molecular formula is C12H22N2O2. The number of carbonyl (C=O) groups is 2. The van der Waals surface area contributed by atoms with Gasteiger partial charge < -0.3 is 10.6 Å². The van der Waals surface area contributed by atoms with Gasteiger partial charge in [0, 0.05) is 6.04 Å². The molecule has 0 bridgehead atoms. The van der Waals surface area contributed by atoms with Crippen LogP contribution < -0.4 is 10.6 Å². The Bertz CT molecular complexity index is 260. The van der Waals surface area contributed by atoms with E-state index < -0.39 is 5.91 Å². The van der Waals surface area contributed by atoms with Crippen LogP contribution in [0.2, 0.25) is 0 Å². The van der Waals surface area contributed by atoms with E-state index in [0.29, 0.717) is 5.92 Å². The Morgan fingerprint density at radius 1 is 1.31 bits per heavy atom. The van der Waals surface area contributed by atoms with Crippen LogP contribution in [0.15, 0.2) is 0 Å². The first-order valence-electron chi connectivity index (χ1n) is 6.12. The Morgan fingerprint density at radius 3 is 2.38 bits per heavy atom. The molecule has 0 saturated heterocycles. The molecule has 2 N–H and O–H groups in total. The molecule has 16 heavy (non-hydrogen) atoms. The van der Waals surface area contributed by atoms with Crippen molar-refractivity contribution in [3.8, 4) is 0 Å². The summed E-state index contributed by atoms with van der Waals surface area (Å²) in [6.07, 6.45) is 3.19. The zero-order valence-electron chi connectivity index (χ0n) is 10.4. The van der Waals surface area contributed by atoms with E-state index in [4.69, 9.17) is 0 Å². The number of likely N-dealkylation sites (N-methyl/N-ethyl adjacent to an activating group) is 1. The summed E-state index contributed by atoms with van der Waals surface area (Å²) < 4.78 is 0. The second-order valence-corrected chi connectivity index (χ2v) is 4.78. The summed E-state index contributed by atoms with van der Waals surface area (Å²) in [5, 5.41) is 5.74. The maximum atomic E-state index is 11.9. The predicted octanol–water partition coefficient (Wildman–Crippen LogP) is 0.858. The summed E-state index contributed by atoms with van der Waals surface area (Å²) >= 11 is 0. The largest absolute Gasteiger partial charge is 0.347 e. The molecule has 1 aliphatic carbocycles. The fourth-order valence-corrected chi connectivity index (χ4v) is 1.71. The van der Waals surface area contributed by atoms with E-state index in [1.807, 2.05) is 20.8 Å². The number of nitrogens with one attached hydrogen (secondary N) is 2. The molecule has 1 fully saturated rings. The number of Topliss-reactive ketones (excluding diaryl/α,β-unsaturated/α-hetero) is 1. The van der Waals surface area contributed by atoms with Crippen molar-refractivity contribution in [3.63, 3.8) is 0 Å². The Kier molecular flexibility index (Phi) is 4.93. The normalized spacial score (nSPS) is 17.2. The number of hydrogen-bond acceptors (Lipinski definition) is 3. The SMILES string of the molecule is CCN[C@@H](CC1CC1)C(=O)C(=O)NC(C)C. The minimum Gasteiger partial charge on any atom is -0.347 e. The molecule has 1 amide bonds. The fraction of sp³-hybridized carbons (Fsp3) is 0.833. The highest BCUT2D eigenvalue weighted by Crippen LogP contribution is 2.33. The molecule has 4 nitrogen and oxygen atoms in total. The molecule has 0 unspecified atom stereocenters. The van der Waals surface area contributed by atoms with E-state index in [0.717, 1.165) is 13.0 Å². The van der Waals surface area contributed by atoms with E-state index in [1.54, 1.807) is 0 Å². The van der Waals surface area contributed by atoms with Crippen LogP contribution in [0, 0.1) is 5.92 Å². The molecule has 0 aliphatic heterocycles. The summed E-state index contributed by atoms with van der Waals surface area (Å²) in [7, 11) is 0. The van der Waals surface area contributed by atoms with Gasteiger partial charge in [0.05, 0.1) is 6.04 Å². The maximum Gasteiger partial charge on any atom is 0.289 e. The highest BCUT2D eigenvalue weighted by Gasteiger charge is 2.31. The minimum absolute atomic E-state index is 0.0136. The number of ketones is 1. The molecule has 1 rings (SSSR count). The van der Waals surface area contributed by atoms with Crippen molar-refractivity contribution in [2.24, 2.45) is 5.92 Å². The van der Waals surface area contributed by atoms with Gasteiger partial charge in [0.2, 0.25) is 5.78 Å². The molecule has 1 saturated carbocycles. The lowest BCUT2D eigenvalue weighted by atomic mass is 10.0. The highest BCUT2D eigenvalue weighted by atomic mass is 16.2. The maximum absolute atomic E-state index is 11.9. The zero-order valence-corrected chi connectivity index (χ0v) is 10.4. The average Bonchev–Trinajstić information content (AvgIpc) is 2.99. The van der Waals surface area contributed by atoms with Gasteiger partial charge in [-0.15, -0.1) is 0 Å². The third kappa shape index (κ3) is 4.31. The third-order valence-electron chi connectivity index (χ3n) is 2.68. The van der Waals surface area contributed by atoms with Crippen LogP contribution in [0.4, 0.5) is 0 Å². The van der Waals surface area contributed by atoms with Crippen molar-refractivity contribution >= 4 is 11.7 Å². The Balaban J connectivity index is 2.47. The summed E-state index contributed by atoms with van der Waals surface area (Å²) in [6, 6.07) is -0.282. The Labute approximate surface area is 97.2 Å². The lowest BCUT2D eigenvalue weighted by Crippen LogP contribution is -2.47. The standard InChI is InChI=1S/C12H22N2O2/c1-4-13-10(7-9-5-6-9)11(15)12(16)14-8(2)3/h8-10,13H,4-7H2,1-3H3,(H,14,16)/t10-/m0/s1. The van der Waals surface area contributed by atoms with Gasteiger partial charge in [0.1, 0.15) is 0 Å². The van der Waals surface area contributed by atoms with E-state index in [-0.39, 0.29) is 17.9 Å². The summed E-state index contributed by atoms with van der Waals surface area (Å²) in [4.78, 5) is 23.4. The molecule has 1 aliphatic rings. The van der Waals surface area contributed by atoms with Crippen LogP contribution in [0.5, 0.6) is 0 Å². The second kappa shape index (κ2) is 5.99. The van der Waals surface area contributed by atoms with E-state index >= 15 is 0 Å². The summed E-state index contributed by atoms with van der Waals surface area (Å²) in [5.74, 6) is -0.135. The number of amides is 1. The van der Waals surface area contributed by atoms with Gasteiger partial charge in [0.25, 0.3) is 5.91 Å². The molecule has 0 heterocycles. The monoisotopic (exact) mass is 226 g/mol. The smallest absolute Gasteiger partial charge is 0.289 e. The number of rotatable bonds is 7. The molecule has 0 spiro atoms. The molecule has 0 aromatic heterocycles. The van der Waals surface area contributed by atoms with E-state index in [9.17, 15) is 9.59 Å². The first-order chi connectivity index (χ1) is 7.54. The van der Waals surface area contributed by atoms with Crippen LogP contribution in [0.3, 0.4) is 0 Å². The molecule has 1 atom stereocenters. The van der Waals surface area contributed by atoms with Crippen LogP contribution >= 0.6 is 0 Å². The van der Waals surface area contributed by atoms with Crippen LogP contribution in [0.1, 0.15) is 40.0 Å². The first-order valence-corrected chi connectivity index (χ1v) is 6.12. The second-order valence-electron chi connectivity index (χ2n) is 4.78. The van der Waals surface area contributed by atoms with Crippen molar-refractivity contribution in [2.75, 3.05) is 6.54 Å². The molecule has 92 valence electrons. The first kappa shape index (κ1) is 13.2. The predicted molar refractivity (Wildman–Crippen MR) is 63.1 cm³/mol. The van der Waals surface area contributed by atoms with Crippen molar-refractivity contribution in [3.05, 3.63) is 0 Å². The number of carbonyl (C=O) groups excluding carboxylic acids is 2. The van der Waals surface area contributed by atoms with E-state index in [1.165, 1.54) is 12.8 Å². The highest BCUT2D eigenvalue weighted by molar-refractivity contribution is 6.38. The number of hydrogen-bond donors (Lipinski definition) is 2. The van der Waals surface area contributed by atoms with E-state index in [2.05, 4.69) is 10.6 Å². The van der Waals surface area contributed by atoms with Gasteiger partial charge in [-0.3, -0.25) is 9.59 Å². The molecule has 0 aromatic carbocycles.